The van der Waals surface area contributed by atoms with E-state index in [1.807, 2.05) is 0 Å². The molecule has 0 aliphatic rings. The third-order valence-corrected chi connectivity index (χ3v) is 3.47. The van der Waals surface area contributed by atoms with E-state index in [-0.39, 0.29) is 17.1 Å². The fourth-order valence-corrected chi connectivity index (χ4v) is 2.39. The van der Waals surface area contributed by atoms with Gasteiger partial charge in [-0.3, -0.25) is 9.48 Å². The Balaban J connectivity index is 1.70. The van der Waals surface area contributed by atoms with Gasteiger partial charge in [-0.1, -0.05) is 24.3 Å². The standard InChI is InChI=1S/C18H14F3N3O2/c19-13-5-3-4-12(8-13)10-24-11-14(9-22-24)23-17(25)15-6-1-2-7-16(15)26-18(20)21/h1-9,11,18H,10H2,(H,23,25). The second-order valence-electron chi connectivity index (χ2n) is 5.39. The molecule has 1 N–H and O–H groups in total. The predicted octanol–water partition coefficient (Wildman–Crippen LogP) is 3.92. The predicted molar refractivity (Wildman–Crippen MR) is 88.8 cm³/mol. The van der Waals surface area contributed by atoms with E-state index < -0.39 is 12.5 Å². The van der Waals surface area contributed by atoms with Crippen LogP contribution in [0.3, 0.4) is 0 Å². The average molecular weight is 361 g/mol. The molecule has 1 heterocycles. The smallest absolute Gasteiger partial charge is 0.387 e. The molecule has 0 atom stereocenters. The van der Waals surface area contributed by atoms with Gasteiger partial charge in [0.25, 0.3) is 5.91 Å². The molecule has 8 heteroatoms. The van der Waals surface area contributed by atoms with Crippen LogP contribution in [-0.4, -0.2) is 22.3 Å². The van der Waals surface area contributed by atoms with Gasteiger partial charge in [-0.05, 0) is 29.8 Å². The number of hydrogen-bond donors (Lipinski definition) is 1. The first-order valence-electron chi connectivity index (χ1n) is 7.63. The van der Waals surface area contributed by atoms with Crippen molar-refractivity contribution in [3.8, 4) is 5.75 Å². The number of benzene rings is 2. The number of para-hydroxylation sites is 1. The summed E-state index contributed by atoms with van der Waals surface area (Å²) in [6, 6.07) is 11.8. The maximum Gasteiger partial charge on any atom is 0.387 e. The Morgan fingerprint density at radius 2 is 2.00 bits per heavy atom. The zero-order valence-electron chi connectivity index (χ0n) is 13.4. The molecule has 0 radical (unpaired) electrons. The van der Waals surface area contributed by atoms with Gasteiger partial charge in [-0.25, -0.2) is 4.39 Å². The number of nitrogens with one attached hydrogen (secondary N) is 1. The van der Waals surface area contributed by atoms with Crippen molar-refractivity contribution >= 4 is 11.6 Å². The molecular weight excluding hydrogens is 347 g/mol. The Hall–Kier alpha value is -3.29. The number of rotatable bonds is 6. The second-order valence-corrected chi connectivity index (χ2v) is 5.39. The van der Waals surface area contributed by atoms with Crippen molar-refractivity contribution in [1.82, 2.24) is 9.78 Å². The summed E-state index contributed by atoms with van der Waals surface area (Å²) in [6.07, 6.45) is 2.97. The maximum atomic E-state index is 13.2. The van der Waals surface area contributed by atoms with E-state index in [0.29, 0.717) is 17.8 Å². The number of amides is 1. The van der Waals surface area contributed by atoms with E-state index in [4.69, 9.17) is 0 Å². The van der Waals surface area contributed by atoms with E-state index in [9.17, 15) is 18.0 Å². The highest BCUT2D eigenvalue weighted by Crippen LogP contribution is 2.21. The zero-order valence-corrected chi connectivity index (χ0v) is 13.4. The Morgan fingerprint density at radius 1 is 1.19 bits per heavy atom. The van der Waals surface area contributed by atoms with Crippen LogP contribution in [0.15, 0.2) is 60.9 Å². The minimum atomic E-state index is -3.03. The Bertz CT molecular complexity index is 912. The highest BCUT2D eigenvalue weighted by Gasteiger charge is 2.16. The van der Waals surface area contributed by atoms with Gasteiger partial charge in [0, 0.05) is 6.20 Å². The fraction of sp³-hybridized carbons (Fsp3) is 0.111. The van der Waals surface area contributed by atoms with E-state index in [1.165, 1.54) is 41.2 Å². The second kappa shape index (κ2) is 7.73. The number of carbonyl (C=O) groups excluding carboxylic acids is 1. The average Bonchev–Trinajstić information content (AvgIpc) is 3.01. The third kappa shape index (κ3) is 4.41. The van der Waals surface area contributed by atoms with E-state index in [1.54, 1.807) is 24.4 Å². The molecule has 0 aliphatic heterocycles. The molecule has 0 fully saturated rings. The normalized spacial score (nSPS) is 10.8. The Kier molecular flexibility index (Phi) is 5.21. The van der Waals surface area contributed by atoms with Crippen LogP contribution in [0.25, 0.3) is 0 Å². The number of halogens is 3. The van der Waals surface area contributed by atoms with Gasteiger partial charge < -0.3 is 10.1 Å². The van der Waals surface area contributed by atoms with Crippen LogP contribution in [0.5, 0.6) is 5.75 Å². The summed E-state index contributed by atoms with van der Waals surface area (Å²) in [5, 5.41) is 6.66. The highest BCUT2D eigenvalue weighted by atomic mass is 19.3. The first-order chi connectivity index (χ1) is 12.5. The SMILES string of the molecule is O=C(Nc1cnn(Cc2cccc(F)c2)c1)c1ccccc1OC(F)F. The zero-order chi connectivity index (χ0) is 18.5. The van der Waals surface area contributed by atoms with Crippen molar-refractivity contribution in [3.05, 3.63) is 77.9 Å². The molecule has 1 aromatic heterocycles. The topological polar surface area (TPSA) is 56.2 Å². The van der Waals surface area contributed by atoms with Crippen LogP contribution in [0.1, 0.15) is 15.9 Å². The largest absolute Gasteiger partial charge is 0.434 e. The summed E-state index contributed by atoms with van der Waals surface area (Å²) in [7, 11) is 0. The summed E-state index contributed by atoms with van der Waals surface area (Å²) in [5.74, 6) is -1.17. The number of hydrogen-bond acceptors (Lipinski definition) is 3. The van der Waals surface area contributed by atoms with Gasteiger partial charge in [0.05, 0.1) is 24.0 Å². The van der Waals surface area contributed by atoms with Crippen LogP contribution >= 0.6 is 0 Å². The van der Waals surface area contributed by atoms with Crippen molar-refractivity contribution in [2.24, 2.45) is 0 Å². The summed E-state index contributed by atoms with van der Waals surface area (Å²) in [5.41, 5.74) is 1.06. The van der Waals surface area contributed by atoms with Gasteiger partial charge in [-0.15, -0.1) is 0 Å². The number of ether oxygens (including phenoxy) is 1. The number of aromatic nitrogens is 2. The molecule has 0 saturated carbocycles. The van der Waals surface area contributed by atoms with E-state index in [2.05, 4.69) is 15.2 Å². The van der Waals surface area contributed by atoms with Gasteiger partial charge in [0.2, 0.25) is 0 Å². The molecule has 5 nitrogen and oxygen atoms in total. The molecular formula is C18H14F3N3O2. The third-order valence-electron chi connectivity index (χ3n) is 3.47. The lowest BCUT2D eigenvalue weighted by molar-refractivity contribution is -0.0501. The molecule has 134 valence electrons. The van der Waals surface area contributed by atoms with Gasteiger partial charge in [0.15, 0.2) is 0 Å². The van der Waals surface area contributed by atoms with Crippen molar-refractivity contribution in [3.63, 3.8) is 0 Å². The first kappa shape index (κ1) is 17.5. The van der Waals surface area contributed by atoms with Crippen LogP contribution in [0.2, 0.25) is 0 Å². The van der Waals surface area contributed by atoms with Gasteiger partial charge in [-0.2, -0.15) is 13.9 Å². The lowest BCUT2D eigenvalue weighted by Gasteiger charge is -2.09. The molecule has 3 aromatic rings. The van der Waals surface area contributed by atoms with E-state index >= 15 is 0 Å². The monoisotopic (exact) mass is 361 g/mol. The molecule has 0 aliphatic carbocycles. The van der Waals surface area contributed by atoms with Crippen LogP contribution in [-0.2, 0) is 6.54 Å². The van der Waals surface area contributed by atoms with Crippen molar-refractivity contribution in [2.45, 2.75) is 13.2 Å². The van der Waals surface area contributed by atoms with Crippen molar-refractivity contribution < 1.29 is 22.7 Å². The highest BCUT2D eigenvalue weighted by molar-refractivity contribution is 6.06. The van der Waals surface area contributed by atoms with Crippen molar-refractivity contribution in [1.29, 1.82) is 0 Å². The number of alkyl halides is 2. The van der Waals surface area contributed by atoms with Crippen LogP contribution in [0, 0.1) is 5.82 Å². The summed E-state index contributed by atoms with van der Waals surface area (Å²) < 4.78 is 44.0. The van der Waals surface area contributed by atoms with Crippen LogP contribution in [0.4, 0.5) is 18.9 Å². The van der Waals surface area contributed by atoms with Gasteiger partial charge in [0.1, 0.15) is 11.6 Å². The summed E-state index contributed by atoms with van der Waals surface area (Å²) >= 11 is 0. The molecule has 3 rings (SSSR count). The molecule has 0 bridgehead atoms. The minimum absolute atomic E-state index is 0.0225. The van der Waals surface area contributed by atoms with E-state index in [0.717, 1.165) is 0 Å². The maximum absolute atomic E-state index is 13.2. The summed E-state index contributed by atoms with van der Waals surface area (Å²) in [6.45, 7) is -2.71. The molecule has 2 aromatic carbocycles. The summed E-state index contributed by atoms with van der Waals surface area (Å²) in [4.78, 5) is 12.3. The number of carbonyl (C=O) groups is 1. The molecule has 0 spiro atoms. The fourth-order valence-electron chi connectivity index (χ4n) is 2.39. The Morgan fingerprint density at radius 3 is 2.77 bits per heavy atom. The molecule has 26 heavy (non-hydrogen) atoms. The minimum Gasteiger partial charge on any atom is -0.434 e. The number of nitrogens with zero attached hydrogens (tertiary/aromatic N) is 2. The molecule has 1 amide bonds. The lowest BCUT2D eigenvalue weighted by atomic mass is 10.2. The Labute approximate surface area is 147 Å². The van der Waals surface area contributed by atoms with Crippen molar-refractivity contribution in [2.75, 3.05) is 5.32 Å². The quantitative estimate of drug-likeness (QED) is 0.724. The van der Waals surface area contributed by atoms with Gasteiger partial charge >= 0.3 is 6.61 Å². The van der Waals surface area contributed by atoms with Crippen LogP contribution < -0.4 is 10.1 Å². The lowest BCUT2D eigenvalue weighted by Crippen LogP contribution is -2.14. The first-order valence-corrected chi connectivity index (χ1v) is 7.63. The molecule has 0 unspecified atom stereocenters. The molecule has 0 saturated heterocycles. The number of anilines is 1.